The van der Waals surface area contributed by atoms with Gasteiger partial charge in [-0.2, -0.15) is 0 Å². The van der Waals surface area contributed by atoms with Crippen LogP contribution < -0.4 is 0 Å². The highest BCUT2D eigenvalue weighted by Gasteiger charge is 2.22. The maximum absolute atomic E-state index is 2.91. The summed E-state index contributed by atoms with van der Waals surface area (Å²) < 4.78 is 0. The summed E-state index contributed by atoms with van der Waals surface area (Å²) in [6, 6.07) is 1.66. The van der Waals surface area contributed by atoms with Crippen LogP contribution in [0.1, 0.15) is 186 Å². The van der Waals surface area contributed by atoms with Crippen molar-refractivity contribution >= 4 is 0 Å². The van der Waals surface area contributed by atoms with Crippen LogP contribution in [0, 0.1) is 0 Å². The molecule has 0 spiro atoms. The van der Waals surface area contributed by atoms with Gasteiger partial charge in [-0.25, -0.2) is 0 Å². The first-order valence-electron chi connectivity index (χ1n) is 16.7. The molecule has 0 aliphatic heterocycles. The van der Waals surface area contributed by atoms with Crippen LogP contribution in [0.2, 0.25) is 0 Å². The Morgan fingerprint density at radius 2 is 0.571 bits per heavy atom. The highest BCUT2D eigenvalue weighted by molar-refractivity contribution is 4.82. The first-order chi connectivity index (χ1) is 17.4. The van der Waals surface area contributed by atoms with Crippen LogP contribution in [0.4, 0.5) is 0 Å². The lowest BCUT2D eigenvalue weighted by Gasteiger charge is -2.36. The lowest BCUT2D eigenvalue weighted by molar-refractivity contribution is 0.131. The second kappa shape index (κ2) is 22.9. The predicted octanol–water partition coefficient (Wildman–Crippen LogP) is 11.6. The maximum atomic E-state index is 2.91. The van der Waals surface area contributed by atoms with E-state index in [2.05, 4.69) is 24.1 Å². The predicted molar refractivity (Wildman–Crippen MR) is 158 cm³/mol. The molecule has 0 aromatic heterocycles. The number of rotatable bonds is 2. The summed E-state index contributed by atoms with van der Waals surface area (Å²) in [5, 5.41) is 0. The topological polar surface area (TPSA) is 3.24 Å². The summed E-state index contributed by atoms with van der Waals surface area (Å²) in [5.74, 6) is 0. The van der Waals surface area contributed by atoms with Gasteiger partial charge in [0.2, 0.25) is 0 Å². The van der Waals surface area contributed by atoms with Crippen LogP contribution in [-0.2, 0) is 0 Å². The lowest BCUT2D eigenvalue weighted by Crippen LogP contribution is -2.40. The molecular weight excluding hydrogens is 422 g/mol. The fourth-order valence-corrected chi connectivity index (χ4v) is 6.69. The zero-order chi connectivity index (χ0) is 24.7. The Morgan fingerprint density at radius 1 is 0.343 bits per heavy atom. The molecule has 0 amide bonds. The van der Waals surface area contributed by atoms with E-state index in [1.54, 1.807) is 0 Å². The molecule has 0 aromatic carbocycles. The quantitative estimate of drug-likeness (QED) is 0.350. The SMILES string of the molecule is CN(C1CCCC/C=C\CCCCCCCCC1)C1CCCCCCCCCCCCCCCC1. The highest BCUT2D eigenvalue weighted by atomic mass is 15.2. The van der Waals surface area contributed by atoms with Crippen LogP contribution in [0.25, 0.3) is 0 Å². The Kier molecular flexibility index (Phi) is 20.2. The Hall–Kier alpha value is -0.300. The second-order valence-corrected chi connectivity index (χ2v) is 12.3. The first kappa shape index (κ1) is 30.9. The molecule has 206 valence electrons. The van der Waals surface area contributed by atoms with Crippen LogP contribution in [0.3, 0.4) is 0 Å². The van der Waals surface area contributed by atoms with Crippen LogP contribution in [-0.4, -0.2) is 24.0 Å². The molecule has 1 atom stereocenters. The molecule has 1 nitrogen and oxygen atoms in total. The Bertz CT molecular complexity index is 451. The van der Waals surface area contributed by atoms with Crippen molar-refractivity contribution in [1.29, 1.82) is 0 Å². The third-order valence-electron chi connectivity index (χ3n) is 9.21. The highest BCUT2D eigenvalue weighted by Crippen LogP contribution is 2.25. The van der Waals surface area contributed by atoms with E-state index in [4.69, 9.17) is 0 Å². The van der Waals surface area contributed by atoms with Crippen molar-refractivity contribution < 1.29 is 0 Å². The molecule has 0 radical (unpaired) electrons. The second-order valence-electron chi connectivity index (χ2n) is 12.3. The molecule has 1 heteroatoms. The summed E-state index contributed by atoms with van der Waals surface area (Å²) >= 11 is 0. The number of hydrogen-bond donors (Lipinski definition) is 0. The van der Waals surface area contributed by atoms with Crippen molar-refractivity contribution in [2.24, 2.45) is 0 Å². The van der Waals surface area contributed by atoms with Gasteiger partial charge >= 0.3 is 0 Å². The van der Waals surface area contributed by atoms with Crippen molar-refractivity contribution in [2.45, 2.75) is 198 Å². The van der Waals surface area contributed by atoms with E-state index in [9.17, 15) is 0 Å². The maximum Gasteiger partial charge on any atom is 0.00951 e. The molecule has 0 aromatic rings. The minimum Gasteiger partial charge on any atom is -0.300 e. The molecular formula is C34H65N. The number of hydrogen-bond acceptors (Lipinski definition) is 1. The minimum atomic E-state index is 0.825. The van der Waals surface area contributed by atoms with Gasteiger partial charge in [-0.3, -0.25) is 0 Å². The van der Waals surface area contributed by atoms with Gasteiger partial charge in [-0.15, -0.1) is 0 Å². The van der Waals surface area contributed by atoms with E-state index < -0.39 is 0 Å². The third kappa shape index (κ3) is 16.9. The molecule has 2 rings (SSSR count). The van der Waals surface area contributed by atoms with Gasteiger partial charge in [0.15, 0.2) is 0 Å². The van der Waals surface area contributed by atoms with E-state index >= 15 is 0 Å². The van der Waals surface area contributed by atoms with Crippen molar-refractivity contribution in [3.05, 3.63) is 12.2 Å². The average molecular weight is 488 g/mol. The van der Waals surface area contributed by atoms with Crippen molar-refractivity contribution in [2.75, 3.05) is 7.05 Å². The van der Waals surface area contributed by atoms with Crippen LogP contribution in [0.5, 0.6) is 0 Å². The zero-order valence-corrected chi connectivity index (χ0v) is 24.3. The molecule has 2 aliphatic carbocycles. The monoisotopic (exact) mass is 488 g/mol. The summed E-state index contributed by atoms with van der Waals surface area (Å²) in [6.45, 7) is 0. The van der Waals surface area contributed by atoms with E-state index in [0.717, 1.165) is 12.1 Å². The van der Waals surface area contributed by atoms with Gasteiger partial charge in [0, 0.05) is 12.1 Å². The summed E-state index contributed by atoms with van der Waals surface area (Å²) in [5.41, 5.74) is 0. The number of nitrogens with zero attached hydrogens (tertiary/aromatic N) is 1. The fourth-order valence-electron chi connectivity index (χ4n) is 6.69. The smallest absolute Gasteiger partial charge is 0.00951 e. The van der Waals surface area contributed by atoms with E-state index in [1.165, 1.54) is 186 Å². The van der Waals surface area contributed by atoms with E-state index in [1.807, 2.05) is 0 Å². The van der Waals surface area contributed by atoms with Crippen LogP contribution in [0.15, 0.2) is 12.2 Å². The largest absolute Gasteiger partial charge is 0.300 e. The van der Waals surface area contributed by atoms with Gasteiger partial charge in [0.05, 0.1) is 0 Å². The van der Waals surface area contributed by atoms with Crippen molar-refractivity contribution in [3.8, 4) is 0 Å². The molecule has 35 heavy (non-hydrogen) atoms. The molecule has 0 N–H and O–H groups in total. The first-order valence-corrected chi connectivity index (χ1v) is 16.7. The van der Waals surface area contributed by atoms with Gasteiger partial charge in [-0.05, 0) is 58.4 Å². The summed E-state index contributed by atoms with van der Waals surface area (Å²) in [6.07, 6.45) is 47.1. The molecule has 0 saturated heterocycles. The van der Waals surface area contributed by atoms with Crippen molar-refractivity contribution in [3.63, 3.8) is 0 Å². The molecule has 1 saturated carbocycles. The fraction of sp³-hybridized carbons (Fsp3) is 0.941. The van der Waals surface area contributed by atoms with Crippen LogP contribution >= 0.6 is 0 Å². The van der Waals surface area contributed by atoms with E-state index in [0.29, 0.717) is 0 Å². The lowest BCUT2D eigenvalue weighted by atomic mass is 9.94. The standard InChI is InChI=1S/C34H65N/c1-35(34-31-27-23-19-15-11-7-4-8-12-16-20-24-28-32-34)33-29-25-21-17-13-9-5-2-3-6-10-14-18-22-26-30-33/h11,15,33-34H,2-10,12-14,16-32H2,1H3/b15-11-. The average Bonchev–Trinajstić information content (AvgIpc) is 2.87. The summed E-state index contributed by atoms with van der Waals surface area (Å²) in [7, 11) is 2.52. The van der Waals surface area contributed by atoms with Gasteiger partial charge in [-0.1, -0.05) is 147 Å². The molecule has 0 bridgehead atoms. The van der Waals surface area contributed by atoms with E-state index in [-0.39, 0.29) is 0 Å². The minimum absolute atomic E-state index is 0.825. The Morgan fingerprint density at radius 3 is 0.914 bits per heavy atom. The number of allylic oxidation sites excluding steroid dienone is 2. The molecule has 2 aliphatic rings. The molecule has 1 unspecified atom stereocenters. The van der Waals surface area contributed by atoms with Gasteiger partial charge in [0.25, 0.3) is 0 Å². The normalized spacial score (nSPS) is 27.2. The summed E-state index contributed by atoms with van der Waals surface area (Å²) in [4.78, 5) is 2.91. The molecule has 0 heterocycles. The van der Waals surface area contributed by atoms with Gasteiger partial charge in [0.1, 0.15) is 0 Å². The molecule has 1 fully saturated rings. The van der Waals surface area contributed by atoms with Gasteiger partial charge < -0.3 is 4.90 Å². The Labute approximate surface area is 222 Å². The van der Waals surface area contributed by atoms with Crippen molar-refractivity contribution in [1.82, 2.24) is 4.90 Å². The Balaban J connectivity index is 1.87. The zero-order valence-electron chi connectivity index (χ0n) is 24.3. The third-order valence-corrected chi connectivity index (χ3v) is 9.21.